The molecule has 9 heteroatoms. The Morgan fingerprint density at radius 3 is 2.00 bits per heavy atom. The van der Waals surface area contributed by atoms with Gasteiger partial charge in [-0.15, -0.1) is 0 Å². The number of carbonyl (C=O) groups is 2. The summed E-state index contributed by atoms with van der Waals surface area (Å²) in [5.41, 5.74) is 3.92. The SMILES string of the molecule is CCNC(=O)[C@H](Cc1ccccc1)N(Cc1ccccc1)C(=O)CN(c1ccc(C)c(C)c1)S(=O)(=O)c1ccc(Cl)cc1. The Morgan fingerprint density at radius 2 is 1.42 bits per heavy atom. The van der Waals surface area contributed by atoms with Gasteiger partial charge in [-0.3, -0.25) is 13.9 Å². The number of likely N-dealkylation sites (N-methyl/N-ethyl adjacent to an activating group) is 1. The quantitative estimate of drug-likeness (QED) is 0.214. The summed E-state index contributed by atoms with van der Waals surface area (Å²) in [6.45, 7) is 5.64. The number of hydrogen-bond acceptors (Lipinski definition) is 4. The van der Waals surface area contributed by atoms with Crippen LogP contribution in [0.2, 0.25) is 5.02 Å². The molecule has 4 rings (SSSR count). The van der Waals surface area contributed by atoms with E-state index in [-0.39, 0.29) is 23.8 Å². The normalized spacial score (nSPS) is 11.9. The highest BCUT2D eigenvalue weighted by Crippen LogP contribution is 2.27. The zero-order chi connectivity index (χ0) is 31.0. The molecule has 0 heterocycles. The largest absolute Gasteiger partial charge is 0.355 e. The fourth-order valence-electron chi connectivity index (χ4n) is 4.77. The Kier molecular flexibility index (Phi) is 10.6. The van der Waals surface area contributed by atoms with Crippen molar-refractivity contribution >= 4 is 39.1 Å². The van der Waals surface area contributed by atoms with E-state index in [1.54, 1.807) is 12.1 Å². The zero-order valence-electron chi connectivity index (χ0n) is 24.5. The van der Waals surface area contributed by atoms with Gasteiger partial charge < -0.3 is 10.2 Å². The van der Waals surface area contributed by atoms with Crippen LogP contribution in [-0.4, -0.2) is 44.3 Å². The topological polar surface area (TPSA) is 86.8 Å². The van der Waals surface area contributed by atoms with E-state index in [1.807, 2.05) is 87.5 Å². The number of nitrogens with one attached hydrogen (secondary N) is 1. The first-order valence-corrected chi connectivity index (χ1v) is 15.9. The lowest BCUT2D eigenvalue weighted by Gasteiger charge is -2.34. The van der Waals surface area contributed by atoms with Gasteiger partial charge in [-0.25, -0.2) is 8.42 Å². The second-order valence-corrected chi connectivity index (χ2v) is 12.6. The van der Waals surface area contributed by atoms with E-state index in [1.165, 1.54) is 29.2 Å². The van der Waals surface area contributed by atoms with Crippen molar-refractivity contribution in [3.63, 3.8) is 0 Å². The van der Waals surface area contributed by atoms with Crippen LogP contribution in [0.25, 0.3) is 0 Å². The summed E-state index contributed by atoms with van der Waals surface area (Å²) in [4.78, 5) is 29.4. The van der Waals surface area contributed by atoms with Crippen molar-refractivity contribution < 1.29 is 18.0 Å². The molecule has 0 spiro atoms. The summed E-state index contributed by atoms with van der Waals surface area (Å²) in [6, 6.07) is 29.1. The van der Waals surface area contributed by atoms with E-state index < -0.39 is 28.5 Å². The van der Waals surface area contributed by atoms with Crippen molar-refractivity contribution in [1.82, 2.24) is 10.2 Å². The van der Waals surface area contributed by atoms with Crippen LogP contribution in [0.4, 0.5) is 5.69 Å². The summed E-state index contributed by atoms with van der Waals surface area (Å²) < 4.78 is 29.3. The number of amides is 2. The highest BCUT2D eigenvalue weighted by atomic mass is 35.5. The molecule has 0 saturated carbocycles. The zero-order valence-corrected chi connectivity index (χ0v) is 26.1. The molecular weight excluding hydrogens is 582 g/mol. The van der Waals surface area contributed by atoms with Crippen molar-refractivity contribution in [3.8, 4) is 0 Å². The number of sulfonamides is 1. The van der Waals surface area contributed by atoms with Crippen LogP contribution >= 0.6 is 11.6 Å². The molecule has 0 bridgehead atoms. The number of anilines is 1. The molecule has 0 radical (unpaired) electrons. The van der Waals surface area contributed by atoms with Gasteiger partial charge in [0, 0.05) is 24.5 Å². The van der Waals surface area contributed by atoms with E-state index >= 15 is 0 Å². The molecule has 0 aromatic heterocycles. The predicted octanol–water partition coefficient (Wildman–Crippen LogP) is 5.93. The highest BCUT2D eigenvalue weighted by molar-refractivity contribution is 7.92. The summed E-state index contributed by atoms with van der Waals surface area (Å²) in [6.07, 6.45) is 0.263. The fraction of sp³-hybridized carbons (Fsp3) is 0.235. The summed E-state index contributed by atoms with van der Waals surface area (Å²) >= 11 is 6.05. The Labute approximate surface area is 259 Å². The lowest BCUT2D eigenvalue weighted by atomic mass is 10.0. The highest BCUT2D eigenvalue weighted by Gasteiger charge is 2.34. The van der Waals surface area contributed by atoms with Crippen LogP contribution in [0.15, 0.2) is 108 Å². The van der Waals surface area contributed by atoms with Gasteiger partial charge in [-0.05, 0) is 79.4 Å². The standard InChI is InChI=1S/C34H36ClN3O4S/c1-4-36-34(40)32(22-27-11-7-5-8-12-27)37(23-28-13-9-6-10-14-28)33(39)24-38(30-18-15-25(2)26(3)21-30)43(41,42)31-19-16-29(35)17-20-31/h5-21,32H,4,22-24H2,1-3H3,(H,36,40)/t32-/m0/s1. The van der Waals surface area contributed by atoms with Gasteiger partial charge >= 0.3 is 0 Å². The van der Waals surface area contributed by atoms with Crippen LogP contribution in [0.3, 0.4) is 0 Å². The molecule has 7 nitrogen and oxygen atoms in total. The molecular formula is C34H36ClN3O4S. The number of rotatable bonds is 12. The Morgan fingerprint density at radius 1 is 0.814 bits per heavy atom. The summed E-state index contributed by atoms with van der Waals surface area (Å²) in [5.74, 6) is -0.819. The molecule has 0 aliphatic carbocycles. The number of nitrogens with zero attached hydrogens (tertiary/aromatic N) is 2. The van der Waals surface area contributed by atoms with E-state index in [2.05, 4.69) is 5.32 Å². The maximum atomic E-state index is 14.4. The van der Waals surface area contributed by atoms with Crippen LogP contribution < -0.4 is 9.62 Å². The lowest BCUT2D eigenvalue weighted by molar-refractivity contribution is -0.140. The second-order valence-electron chi connectivity index (χ2n) is 10.3. The maximum Gasteiger partial charge on any atom is 0.264 e. The number of hydrogen-bond donors (Lipinski definition) is 1. The minimum atomic E-state index is -4.19. The van der Waals surface area contributed by atoms with Crippen molar-refractivity contribution in [2.75, 3.05) is 17.4 Å². The number of aryl methyl sites for hydroxylation is 2. The Hall–Kier alpha value is -4.14. The van der Waals surface area contributed by atoms with E-state index in [0.717, 1.165) is 26.6 Å². The van der Waals surface area contributed by atoms with Crippen LogP contribution in [0, 0.1) is 13.8 Å². The predicted molar refractivity (Wildman–Crippen MR) is 172 cm³/mol. The molecule has 1 N–H and O–H groups in total. The first-order valence-electron chi connectivity index (χ1n) is 14.1. The first-order chi connectivity index (χ1) is 20.6. The summed E-state index contributed by atoms with van der Waals surface area (Å²) in [7, 11) is -4.19. The molecule has 4 aromatic carbocycles. The Bertz CT molecular complexity index is 1650. The second kappa shape index (κ2) is 14.4. The Balaban J connectivity index is 1.80. The fourth-order valence-corrected chi connectivity index (χ4v) is 6.30. The van der Waals surface area contributed by atoms with Crippen molar-refractivity contribution in [1.29, 1.82) is 0 Å². The average molecular weight is 618 g/mol. The minimum absolute atomic E-state index is 0.00194. The first kappa shape index (κ1) is 31.8. The molecule has 224 valence electrons. The maximum absolute atomic E-state index is 14.4. The molecule has 4 aromatic rings. The van der Waals surface area contributed by atoms with E-state index in [9.17, 15) is 18.0 Å². The van der Waals surface area contributed by atoms with Gasteiger partial charge in [-0.1, -0.05) is 78.3 Å². The minimum Gasteiger partial charge on any atom is -0.355 e. The smallest absolute Gasteiger partial charge is 0.264 e. The van der Waals surface area contributed by atoms with Gasteiger partial charge in [0.25, 0.3) is 10.0 Å². The summed E-state index contributed by atoms with van der Waals surface area (Å²) in [5, 5.41) is 3.27. The molecule has 0 aliphatic heterocycles. The van der Waals surface area contributed by atoms with E-state index in [0.29, 0.717) is 17.3 Å². The van der Waals surface area contributed by atoms with Gasteiger partial charge in [-0.2, -0.15) is 0 Å². The van der Waals surface area contributed by atoms with Crippen molar-refractivity contribution in [2.45, 2.75) is 44.7 Å². The number of carbonyl (C=O) groups excluding carboxylic acids is 2. The molecule has 2 amide bonds. The molecule has 0 saturated heterocycles. The number of halogens is 1. The lowest BCUT2D eigenvalue weighted by Crippen LogP contribution is -2.53. The molecule has 0 fully saturated rings. The number of benzene rings is 4. The molecule has 0 unspecified atom stereocenters. The third-order valence-electron chi connectivity index (χ3n) is 7.28. The molecule has 43 heavy (non-hydrogen) atoms. The third kappa shape index (κ3) is 8.03. The van der Waals surface area contributed by atoms with Gasteiger partial charge in [0.15, 0.2) is 0 Å². The van der Waals surface area contributed by atoms with E-state index in [4.69, 9.17) is 11.6 Å². The van der Waals surface area contributed by atoms with Crippen LogP contribution in [0.5, 0.6) is 0 Å². The van der Waals surface area contributed by atoms with Gasteiger partial charge in [0.1, 0.15) is 12.6 Å². The van der Waals surface area contributed by atoms with Gasteiger partial charge in [0.2, 0.25) is 11.8 Å². The monoisotopic (exact) mass is 617 g/mol. The van der Waals surface area contributed by atoms with Crippen LogP contribution in [0.1, 0.15) is 29.2 Å². The molecule has 0 aliphatic rings. The average Bonchev–Trinajstić information content (AvgIpc) is 3.00. The third-order valence-corrected chi connectivity index (χ3v) is 9.32. The van der Waals surface area contributed by atoms with Gasteiger partial charge in [0.05, 0.1) is 10.6 Å². The molecule has 1 atom stereocenters. The van der Waals surface area contributed by atoms with Crippen molar-refractivity contribution in [2.24, 2.45) is 0 Å². The van der Waals surface area contributed by atoms with Crippen molar-refractivity contribution in [3.05, 3.63) is 130 Å². The van der Waals surface area contributed by atoms with Crippen LogP contribution in [-0.2, 0) is 32.6 Å².